The molecule has 1 fully saturated rings. The minimum absolute atomic E-state index is 0.474. The summed E-state index contributed by atoms with van der Waals surface area (Å²) in [5.74, 6) is 1.70. The molecule has 20 heavy (non-hydrogen) atoms. The van der Waals surface area contributed by atoms with Crippen LogP contribution in [0.2, 0.25) is 0 Å². The molecule has 2 atom stereocenters. The molecule has 1 aromatic rings. The SMILES string of the molecule is CCCNC(CN1CCC(C(C)C)C1)c1ccccc1. The van der Waals surface area contributed by atoms with E-state index in [1.165, 1.54) is 31.5 Å². The van der Waals surface area contributed by atoms with Gasteiger partial charge in [0.15, 0.2) is 0 Å². The molecule has 1 N–H and O–H groups in total. The zero-order valence-corrected chi connectivity index (χ0v) is 13.3. The Kier molecular flexibility index (Phi) is 6.06. The zero-order chi connectivity index (χ0) is 14.4. The molecule has 1 saturated heterocycles. The van der Waals surface area contributed by atoms with Gasteiger partial charge < -0.3 is 10.2 Å². The molecule has 0 spiro atoms. The first-order valence-electron chi connectivity index (χ1n) is 8.21. The summed E-state index contributed by atoms with van der Waals surface area (Å²) < 4.78 is 0. The standard InChI is InChI=1S/C18H30N2/c1-4-11-19-18(16-8-6-5-7-9-16)14-20-12-10-17(13-20)15(2)3/h5-9,15,17-19H,4,10-14H2,1-3H3. The van der Waals surface area contributed by atoms with Gasteiger partial charge in [-0.15, -0.1) is 0 Å². The fraction of sp³-hybridized carbons (Fsp3) is 0.667. The van der Waals surface area contributed by atoms with Crippen molar-refractivity contribution in [1.82, 2.24) is 10.2 Å². The number of nitrogens with zero attached hydrogens (tertiary/aromatic N) is 1. The molecule has 0 aromatic heterocycles. The van der Waals surface area contributed by atoms with Crippen LogP contribution in [0.15, 0.2) is 30.3 Å². The maximum absolute atomic E-state index is 3.71. The highest BCUT2D eigenvalue weighted by Crippen LogP contribution is 2.25. The molecule has 2 heteroatoms. The Morgan fingerprint density at radius 3 is 2.60 bits per heavy atom. The third-order valence-corrected chi connectivity index (χ3v) is 4.54. The highest BCUT2D eigenvalue weighted by Gasteiger charge is 2.26. The van der Waals surface area contributed by atoms with Crippen LogP contribution >= 0.6 is 0 Å². The maximum Gasteiger partial charge on any atom is 0.0449 e. The Bertz CT molecular complexity index is 374. The molecule has 1 heterocycles. The van der Waals surface area contributed by atoms with Crippen molar-refractivity contribution in [2.45, 2.75) is 39.7 Å². The van der Waals surface area contributed by atoms with Crippen LogP contribution in [0.5, 0.6) is 0 Å². The summed E-state index contributed by atoms with van der Waals surface area (Å²) in [4.78, 5) is 2.64. The van der Waals surface area contributed by atoms with Gasteiger partial charge in [0, 0.05) is 19.1 Å². The molecular weight excluding hydrogens is 244 g/mol. The van der Waals surface area contributed by atoms with Gasteiger partial charge in [0.25, 0.3) is 0 Å². The lowest BCUT2D eigenvalue weighted by molar-refractivity contribution is 0.270. The highest BCUT2D eigenvalue weighted by molar-refractivity contribution is 5.19. The van der Waals surface area contributed by atoms with Gasteiger partial charge in [-0.25, -0.2) is 0 Å². The van der Waals surface area contributed by atoms with Gasteiger partial charge in [-0.05, 0) is 43.3 Å². The fourth-order valence-corrected chi connectivity index (χ4v) is 3.12. The van der Waals surface area contributed by atoms with Gasteiger partial charge in [-0.1, -0.05) is 51.1 Å². The smallest absolute Gasteiger partial charge is 0.0449 e. The van der Waals surface area contributed by atoms with Crippen LogP contribution in [0.1, 0.15) is 45.2 Å². The monoisotopic (exact) mass is 274 g/mol. The molecule has 1 aliphatic rings. The molecule has 0 aliphatic carbocycles. The van der Waals surface area contributed by atoms with E-state index in [9.17, 15) is 0 Å². The summed E-state index contributed by atoms with van der Waals surface area (Å²) in [6, 6.07) is 11.4. The van der Waals surface area contributed by atoms with Crippen molar-refractivity contribution in [1.29, 1.82) is 0 Å². The minimum Gasteiger partial charge on any atom is -0.309 e. The van der Waals surface area contributed by atoms with Crippen LogP contribution in [-0.4, -0.2) is 31.1 Å². The second kappa shape index (κ2) is 7.80. The van der Waals surface area contributed by atoms with Crippen molar-refractivity contribution in [2.24, 2.45) is 11.8 Å². The Hall–Kier alpha value is -0.860. The predicted octanol–water partition coefficient (Wildman–Crippen LogP) is 3.71. The third kappa shape index (κ3) is 4.32. The van der Waals surface area contributed by atoms with Gasteiger partial charge in [0.05, 0.1) is 0 Å². The van der Waals surface area contributed by atoms with Crippen LogP contribution in [0.25, 0.3) is 0 Å². The number of likely N-dealkylation sites (tertiary alicyclic amines) is 1. The zero-order valence-electron chi connectivity index (χ0n) is 13.3. The molecule has 0 saturated carbocycles. The largest absolute Gasteiger partial charge is 0.309 e. The molecule has 0 amide bonds. The Labute approximate surface area is 124 Å². The average Bonchev–Trinajstić information content (AvgIpc) is 2.93. The third-order valence-electron chi connectivity index (χ3n) is 4.54. The summed E-state index contributed by atoms with van der Waals surface area (Å²) in [6.07, 6.45) is 2.56. The number of hydrogen-bond donors (Lipinski definition) is 1. The van der Waals surface area contributed by atoms with Gasteiger partial charge in [0.1, 0.15) is 0 Å². The summed E-state index contributed by atoms with van der Waals surface area (Å²) in [5, 5.41) is 3.71. The Morgan fingerprint density at radius 2 is 2.00 bits per heavy atom. The molecule has 1 aliphatic heterocycles. The quantitative estimate of drug-likeness (QED) is 0.815. The summed E-state index contributed by atoms with van der Waals surface area (Å²) >= 11 is 0. The topological polar surface area (TPSA) is 15.3 Å². The first-order chi connectivity index (χ1) is 9.70. The maximum atomic E-state index is 3.71. The van der Waals surface area contributed by atoms with Gasteiger partial charge in [-0.2, -0.15) is 0 Å². The minimum atomic E-state index is 0.474. The average molecular weight is 274 g/mol. The van der Waals surface area contributed by atoms with E-state index in [0.29, 0.717) is 6.04 Å². The van der Waals surface area contributed by atoms with Gasteiger partial charge in [0.2, 0.25) is 0 Å². The number of hydrogen-bond acceptors (Lipinski definition) is 2. The van der Waals surface area contributed by atoms with Crippen LogP contribution < -0.4 is 5.32 Å². The molecular formula is C18H30N2. The van der Waals surface area contributed by atoms with Gasteiger partial charge >= 0.3 is 0 Å². The molecule has 2 rings (SSSR count). The van der Waals surface area contributed by atoms with Crippen molar-refractivity contribution in [3.63, 3.8) is 0 Å². The lowest BCUT2D eigenvalue weighted by atomic mass is 9.95. The number of benzene rings is 1. The fourth-order valence-electron chi connectivity index (χ4n) is 3.12. The molecule has 112 valence electrons. The molecule has 2 nitrogen and oxygen atoms in total. The Morgan fingerprint density at radius 1 is 1.25 bits per heavy atom. The number of rotatable bonds is 7. The van der Waals surface area contributed by atoms with Crippen LogP contribution in [0.4, 0.5) is 0 Å². The molecule has 0 bridgehead atoms. The molecule has 2 unspecified atom stereocenters. The summed E-state index contributed by atoms with van der Waals surface area (Å²) in [6.45, 7) is 11.7. The second-order valence-corrected chi connectivity index (χ2v) is 6.47. The Balaban J connectivity index is 1.95. The van der Waals surface area contributed by atoms with E-state index < -0.39 is 0 Å². The van der Waals surface area contributed by atoms with E-state index in [1.54, 1.807) is 0 Å². The van der Waals surface area contributed by atoms with Crippen LogP contribution in [0, 0.1) is 11.8 Å². The van der Waals surface area contributed by atoms with Crippen LogP contribution in [0.3, 0.4) is 0 Å². The lowest BCUT2D eigenvalue weighted by Crippen LogP contribution is -2.34. The molecule has 0 radical (unpaired) electrons. The summed E-state index contributed by atoms with van der Waals surface area (Å²) in [5.41, 5.74) is 1.42. The van der Waals surface area contributed by atoms with E-state index in [0.717, 1.165) is 24.9 Å². The normalized spacial score (nSPS) is 21.5. The van der Waals surface area contributed by atoms with E-state index in [-0.39, 0.29) is 0 Å². The van der Waals surface area contributed by atoms with E-state index in [1.807, 2.05) is 0 Å². The highest BCUT2D eigenvalue weighted by atomic mass is 15.2. The second-order valence-electron chi connectivity index (χ2n) is 6.47. The predicted molar refractivity (Wildman–Crippen MR) is 86.9 cm³/mol. The molecule has 1 aromatic carbocycles. The van der Waals surface area contributed by atoms with Crippen molar-refractivity contribution in [3.05, 3.63) is 35.9 Å². The first-order valence-corrected chi connectivity index (χ1v) is 8.21. The van der Waals surface area contributed by atoms with Crippen molar-refractivity contribution < 1.29 is 0 Å². The van der Waals surface area contributed by atoms with Crippen molar-refractivity contribution >= 4 is 0 Å². The van der Waals surface area contributed by atoms with E-state index >= 15 is 0 Å². The van der Waals surface area contributed by atoms with Gasteiger partial charge in [-0.3, -0.25) is 0 Å². The van der Waals surface area contributed by atoms with E-state index in [4.69, 9.17) is 0 Å². The first kappa shape index (κ1) is 15.5. The van der Waals surface area contributed by atoms with Crippen LogP contribution in [-0.2, 0) is 0 Å². The van der Waals surface area contributed by atoms with E-state index in [2.05, 4.69) is 61.3 Å². The number of nitrogens with one attached hydrogen (secondary N) is 1. The van der Waals surface area contributed by atoms with Crippen molar-refractivity contribution in [2.75, 3.05) is 26.2 Å². The summed E-state index contributed by atoms with van der Waals surface area (Å²) in [7, 11) is 0. The lowest BCUT2D eigenvalue weighted by Gasteiger charge is -2.25. The van der Waals surface area contributed by atoms with Crippen molar-refractivity contribution in [3.8, 4) is 0 Å².